The van der Waals surface area contributed by atoms with Gasteiger partial charge in [-0.05, 0) is 44.0 Å². The van der Waals surface area contributed by atoms with E-state index in [9.17, 15) is 13.7 Å². The van der Waals surface area contributed by atoms with Gasteiger partial charge in [0.2, 0.25) is 10.0 Å². The van der Waals surface area contributed by atoms with Crippen molar-refractivity contribution in [2.75, 3.05) is 14.1 Å². The summed E-state index contributed by atoms with van der Waals surface area (Å²) in [6.45, 7) is 5.81. The van der Waals surface area contributed by atoms with Gasteiger partial charge in [0.05, 0.1) is 21.9 Å². The van der Waals surface area contributed by atoms with Crippen LogP contribution in [0.25, 0.3) is 17.1 Å². The van der Waals surface area contributed by atoms with E-state index in [2.05, 4.69) is 16.3 Å². The van der Waals surface area contributed by atoms with Crippen LogP contribution in [0, 0.1) is 25.2 Å². The second-order valence-electron chi connectivity index (χ2n) is 7.09. The molecule has 0 aliphatic heterocycles. The molecule has 0 bridgehead atoms. The molecule has 0 spiro atoms. The van der Waals surface area contributed by atoms with Crippen LogP contribution >= 0.6 is 11.8 Å². The number of sulfonamides is 1. The Hall–Kier alpha value is -2.67. The summed E-state index contributed by atoms with van der Waals surface area (Å²) in [6.07, 6.45) is 0. The molecule has 30 heavy (non-hydrogen) atoms. The molecule has 1 atom stereocenters. The number of nitrogens with zero attached hydrogens (tertiary/aromatic N) is 5. The predicted octanol–water partition coefficient (Wildman–Crippen LogP) is 3.81. The van der Waals surface area contributed by atoms with Crippen molar-refractivity contribution in [2.24, 2.45) is 0 Å². The third kappa shape index (κ3) is 4.12. The summed E-state index contributed by atoms with van der Waals surface area (Å²) in [4.78, 5) is 0.181. The smallest absolute Gasteiger partial charge is 0.242 e. The quantitative estimate of drug-likeness (QED) is 0.540. The third-order valence-corrected chi connectivity index (χ3v) is 7.38. The Bertz CT molecular complexity index is 1210. The third-order valence-electron chi connectivity index (χ3n) is 4.63. The van der Waals surface area contributed by atoms with Crippen LogP contribution in [-0.4, -0.2) is 46.8 Å². The highest BCUT2D eigenvalue weighted by Gasteiger charge is 2.23. The van der Waals surface area contributed by atoms with E-state index >= 15 is 0 Å². The van der Waals surface area contributed by atoms with Crippen molar-refractivity contribution >= 4 is 21.8 Å². The summed E-state index contributed by atoms with van der Waals surface area (Å²) < 4.78 is 28.3. The van der Waals surface area contributed by atoms with E-state index in [1.165, 1.54) is 30.2 Å². The van der Waals surface area contributed by atoms with Crippen molar-refractivity contribution < 1.29 is 8.42 Å². The first-order valence-electron chi connectivity index (χ1n) is 9.28. The van der Waals surface area contributed by atoms with Crippen LogP contribution in [0.15, 0.2) is 52.5 Å². The highest BCUT2D eigenvalue weighted by Crippen LogP contribution is 2.33. The van der Waals surface area contributed by atoms with E-state index in [0.29, 0.717) is 16.5 Å². The van der Waals surface area contributed by atoms with Crippen molar-refractivity contribution in [3.05, 3.63) is 53.6 Å². The lowest BCUT2D eigenvalue weighted by Gasteiger charge is -2.16. The average molecular weight is 442 g/mol. The Kier molecular flexibility index (Phi) is 6.31. The van der Waals surface area contributed by atoms with Gasteiger partial charge in [0.1, 0.15) is 0 Å². The van der Waals surface area contributed by atoms with Crippen molar-refractivity contribution in [1.29, 1.82) is 5.26 Å². The van der Waals surface area contributed by atoms with Crippen molar-refractivity contribution in [2.45, 2.75) is 36.1 Å². The normalized spacial score (nSPS) is 12.7. The molecule has 2 aromatic carbocycles. The van der Waals surface area contributed by atoms with Crippen LogP contribution in [0.4, 0.5) is 0 Å². The summed E-state index contributed by atoms with van der Waals surface area (Å²) >= 11 is 1.31. The molecule has 0 unspecified atom stereocenters. The molecule has 0 saturated carbocycles. The molecule has 3 aromatic rings. The van der Waals surface area contributed by atoms with Gasteiger partial charge in [-0.3, -0.25) is 4.57 Å². The number of aromatic nitrogens is 3. The number of benzene rings is 2. The Labute approximate surface area is 181 Å². The molecule has 9 heteroatoms. The molecular weight excluding hydrogens is 418 g/mol. The van der Waals surface area contributed by atoms with Crippen LogP contribution < -0.4 is 0 Å². The number of aryl methyl sites for hydroxylation is 2. The molecular formula is C21H23N5O2S2. The maximum absolute atomic E-state index is 12.6. The van der Waals surface area contributed by atoms with Crippen molar-refractivity contribution in [1.82, 2.24) is 19.1 Å². The lowest BCUT2D eigenvalue weighted by molar-refractivity contribution is 0.521. The van der Waals surface area contributed by atoms with Gasteiger partial charge in [0, 0.05) is 19.7 Å². The molecule has 3 rings (SSSR count). The summed E-state index contributed by atoms with van der Waals surface area (Å²) in [6, 6.07) is 14.9. The van der Waals surface area contributed by atoms with Crippen LogP contribution in [0.5, 0.6) is 0 Å². The zero-order valence-electron chi connectivity index (χ0n) is 17.5. The minimum atomic E-state index is -3.59. The Morgan fingerprint density at radius 3 is 2.33 bits per heavy atom. The zero-order chi connectivity index (χ0) is 22.1. The zero-order valence-corrected chi connectivity index (χ0v) is 19.1. The van der Waals surface area contributed by atoms with Crippen LogP contribution in [0.1, 0.15) is 18.1 Å². The van der Waals surface area contributed by atoms with E-state index in [1.54, 1.807) is 25.1 Å². The largest absolute Gasteiger partial charge is 0.269 e. The fraction of sp³-hybridized carbons (Fsp3) is 0.286. The first-order chi connectivity index (χ1) is 14.2. The number of thioether (sulfide) groups is 1. The molecule has 156 valence electrons. The summed E-state index contributed by atoms with van der Waals surface area (Å²) in [7, 11) is -0.591. The predicted molar refractivity (Wildman–Crippen MR) is 118 cm³/mol. The van der Waals surface area contributed by atoms with Gasteiger partial charge in [-0.1, -0.05) is 42.1 Å². The van der Waals surface area contributed by atoms with Crippen molar-refractivity contribution in [3.63, 3.8) is 0 Å². The molecule has 7 nitrogen and oxygen atoms in total. The van der Waals surface area contributed by atoms with E-state index in [-0.39, 0.29) is 10.1 Å². The lowest BCUT2D eigenvalue weighted by Crippen LogP contribution is -2.22. The fourth-order valence-corrected chi connectivity index (χ4v) is 4.77. The van der Waals surface area contributed by atoms with Gasteiger partial charge in [0.25, 0.3) is 0 Å². The Morgan fingerprint density at radius 2 is 1.73 bits per heavy atom. The molecule has 0 N–H and O–H groups in total. The summed E-state index contributed by atoms with van der Waals surface area (Å²) in [5, 5.41) is 18.2. The van der Waals surface area contributed by atoms with E-state index in [0.717, 1.165) is 16.8 Å². The minimum absolute atomic E-state index is 0.181. The lowest BCUT2D eigenvalue weighted by atomic mass is 10.1. The van der Waals surface area contributed by atoms with Crippen molar-refractivity contribution in [3.8, 4) is 23.1 Å². The maximum atomic E-state index is 12.6. The van der Waals surface area contributed by atoms with Gasteiger partial charge in [0.15, 0.2) is 11.0 Å². The summed E-state index contributed by atoms with van der Waals surface area (Å²) in [5.41, 5.74) is 3.61. The SMILES string of the molecule is Cc1cccc(C)c1-n1c(S[C@@H](C)C#N)nnc1-c1cccc(S(=O)(=O)N(C)C)c1. The number of rotatable bonds is 6. The Balaban J connectivity index is 2.26. The highest BCUT2D eigenvalue weighted by atomic mass is 32.2. The molecule has 1 heterocycles. The molecule has 0 fully saturated rings. The summed E-state index contributed by atoms with van der Waals surface area (Å²) in [5.74, 6) is 0.524. The van der Waals surface area contributed by atoms with Gasteiger partial charge < -0.3 is 0 Å². The second-order valence-corrected chi connectivity index (χ2v) is 10.5. The van der Waals surface area contributed by atoms with Gasteiger partial charge >= 0.3 is 0 Å². The van der Waals surface area contributed by atoms with E-state index < -0.39 is 10.0 Å². The second kappa shape index (κ2) is 8.60. The monoisotopic (exact) mass is 441 g/mol. The molecule has 1 aromatic heterocycles. The standard InChI is InChI=1S/C21H23N5O2S2/c1-14-8-6-9-15(2)19(14)26-20(23-24-21(26)29-16(3)13-22)17-10-7-11-18(12-17)30(27,28)25(4)5/h6-12,16H,1-5H3/t16-/m0/s1. The van der Waals surface area contributed by atoms with Crippen LogP contribution in [0.2, 0.25) is 0 Å². The molecule has 0 radical (unpaired) electrons. The first-order valence-corrected chi connectivity index (χ1v) is 11.6. The minimum Gasteiger partial charge on any atom is -0.269 e. The maximum Gasteiger partial charge on any atom is 0.242 e. The molecule has 0 saturated heterocycles. The first kappa shape index (κ1) is 22.0. The fourth-order valence-electron chi connectivity index (χ4n) is 3.08. The van der Waals surface area contributed by atoms with Gasteiger partial charge in [-0.15, -0.1) is 10.2 Å². The van der Waals surface area contributed by atoms with Gasteiger partial charge in [-0.2, -0.15) is 5.26 Å². The van der Waals surface area contributed by atoms with E-state index in [1.807, 2.05) is 42.7 Å². The van der Waals surface area contributed by atoms with Crippen LogP contribution in [0.3, 0.4) is 0 Å². The molecule has 0 aliphatic carbocycles. The highest BCUT2D eigenvalue weighted by molar-refractivity contribution is 8.00. The molecule has 0 amide bonds. The topological polar surface area (TPSA) is 91.9 Å². The number of hydrogen-bond acceptors (Lipinski definition) is 6. The number of nitriles is 1. The Morgan fingerprint density at radius 1 is 1.10 bits per heavy atom. The number of para-hydroxylation sites is 1. The van der Waals surface area contributed by atoms with E-state index in [4.69, 9.17) is 0 Å². The number of hydrogen-bond donors (Lipinski definition) is 0. The average Bonchev–Trinajstić information content (AvgIpc) is 3.11. The molecule has 0 aliphatic rings. The van der Waals surface area contributed by atoms with Gasteiger partial charge in [-0.25, -0.2) is 12.7 Å². The van der Waals surface area contributed by atoms with Crippen LogP contribution in [-0.2, 0) is 10.0 Å².